The molecule has 0 amide bonds. The molecule has 0 saturated carbocycles. The molecular weight excluding hydrogens is 311 g/mol. The van der Waals surface area contributed by atoms with E-state index >= 15 is 0 Å². The minimum absolute atomic E-state index is 0. The molecule has 0 fully saturated rings. The maximum atomic E-state index is 3.76. The van der Waals surface area contributed by atoms with Crippen molar-refractivity contribution in [2.24, 2.45) is 5.92 Å². The average molecular weight is 338 g/mol. The van der Waals surface area contributed by atoms with Crippen molar-refractivity contribution in [1.82, 2.24) is 0 Å². The van der Waals surface area contributed by atoms with Crippen molar-refractivity contribution in [3.05, 3.63) is 13.8 Å². The molecule has 0 rings (SSSR count). The Bertz CT molecular complexity index is 56.1. The molecule has 0 aromatic carbocycles. The predicted molar refractivity (Wildman–Crippen MR) is 58.9 cm³/mol. The molecule has 0 unspecified atom stereocenters. The van der Waals surface area contributed by atoms with E-state index in [0.29, 0.717) is 0 Å². The van der Waals surface area contributed by atoms with Gasteiger partial charge in [-0.15, -0.1) is 0 Å². The first-order chi connectivity index (χ1) is 5.68. The molecule has 0 saturated heterocycles. The summed E-state index contributed by atoms with van der Waals surface area (Å²) in [5, 5.41) is 0. The summed E-state index contributed by atoms with van der Waals surface area (Å²) in [6.07, 6.45) is 7.57. The van der Waals surface area contributed by atoms with E-state index in [1.165, 1.54) is 25.7 Å². The molecule has 0 bridgehead atoms. The van der Waals surface area contributed by atoms with Crippen molar-refractivity contribution in [2.75, 3.05) is 0 Å². The number of rotatable bonds is 5. The van der Waals surface area contributed by atoms with Gasteiger partial charge >= 0.3 is 0 Å². The van der Waals surface area contributed by atoms with Crippen LogP contribution >= 0.6 is 0 Å². The van der Waals surface area contributed by atoms with E-state index in [1.54, 1.807) is 0 Å². The number of unbranched alkanes of at least 4 members (excludes halogenated alkanes) is 4. The van der Waals surface area contributed by atoms with Crippen molar-refractivity contribution in [3.63, 3.8) is 0 Å². The Balaban J connectivity index is -0.000000150. The zero-order chi connectivity index (χ0) is 9.82. The van der Waals surface area contributed by atoms with Crippen LogP contribution in [-0.2, 0) is 0 Å². The van der Waals surface area contributed by atoms with Gasteiger partial charge in [-0.2, -0.15) is 12.8 Å². The molecule has 0 aromatic rings. The zero-order valence-corrected chi connectivity index (χ0v) is 11.4. The Labute approximate surface area is 115 Å². The maximum Gasteiger partial charge on any atom is 0 e. The van der Waals surface area contributed by atoms with Gasteiger partial charge in [0.15, 0.2) is 0 Å². The average Bonchev–Trinajstić information content (AvgIpc) is 2.07. The third kappa shape index (κ3) is 31.9. The molecule has 0 N–H and O–H groups in total. The summed E-state index contributed by atoms with van der Waals surface area (Å²) in [4.78, 5) is 0. The topological polar surface area (TPSA) is 0 Å². The SMILES string of the molecule is [CH2-]CC(C)C.[CH2-]CCCCCC.[Er]. The Morgan fingerprint density at radius 2 is 1.46 bits per heavy atom. The maximum absolute atomic E-state index is 3.76. The Kier molecular flexibility index (Phi) is 28.8. The van der Waals surface area contributed by atoms with Crippen LogP contribution in [0.3, 0.4) is 0 Å². The second kappa shape index (κ2) is 18.9. The molecule has 0 nitrogen and oxygen atoms in total. The van der Waals surface area contributed by atoms with Crippen LogP contribution in [0.5, 0.6) is 0 Å². The molecule has 0 aliphatic rings. The van der Waals surface area contributed by atoms with E-state index in [1.807, 2.05) is 0 Å². The molecule has 0 aliphatic carbocycles. The second-order valence-electron chi connectivity index (χ2n) is 3.60. The quantitative estimate of drug-likeness (QED) is 0.506. The van der Waals surface area contributed by atoms with Crippen LogP contribution in [0.2, 0.25) is 0 Å². The van der Waals surface area contributed by atoms with Crippen molar-refractivity contribution >= 4 is 0 Å². The van der Waals surface area contributed by atoms with Gasteiger partial charge in [0.1, 0.15) is 0 Å². The largest absolute Gasteiger partial charge is 0.343 e. The summed E-state index contributed by atoms with van der Waals surface area (Å²) in [7, 11) is 0. The van der Waals surface area contributed by atoms with E-state index < -0.39 is 0 Å². The van der Waals surface area contributed by atoms with Crippen molar-refractivity contribution < 1.29 is 37.3 Å². The molecule has 0 radical (unpaired) electrons. The van der Waals surface area contributed by atoms with E-state index in [0.717, 1.165) is 18.8 Å². The van der Waals surface area contributed by atoms with Crippen LogP contribution in [0.15, 0.2) is 0 Å². The minimum Gasteiger partial charge on any atom is -0.343 e. The first-order valence-corrected chi connectivity index (χ1v) is 5.27. The van der Waals surface area contributed by atoms with Crippen LogP contribution in [-0.4, -0.2) is 0 Å². The fraction of sp³-hybridized carbons (Fsp3) is 0.833. The van der Waals surface area contributed by atoms with Gasteiger partial charge in [-0.3, -0.25) is 0 Å². The molecule has 0 atom stereocenters. The van der Waals surface area contributed by atoms with Gasteiger partial charge in [0, 0.05) is 37.3 Å². The molecular formula is C12H26Er-2. The standard InChI is InChI=1S/C7H15.C5H11.Er/c1-3-5-7-6-4-2;1-4-5(2)3;/h1,3-7H2,2H3;5H,1,4H2,2-3H3;/q2*-1;. The van der Waals surface area contributed by atoms with Crippen LogP contribution in [0.1, 0.15) is 59.3 Å². The Morgan fingerprint density at radius 1 is 1.00 bits per heavy atom. The fourth-order valence-corrected chi connectivity index (χ4v) is 0.604. The van der Waals surface area contributed by atoms with Gasteiger partial charge in [-0.05, 0) is 0 Å². The smallest absolute Gasteiger partial charge is 0 e. The monoisotopic (exact) mass is 336 g/mol. The molecule has 0 heterocycles. The van der Waals surface area contributed by atoms with E-state index in [-0.39, 0.29) is 37.3 Å². The second-order valence-corrected chi connectivity index (χ2v) is 3.60. The number of hydrogen-bond acceptors (Lipinski definition) is 0. The van der Waals surface area contributed by atoms with Crippen molar-refractivity contribution in [1.29, 1.82) is 0 Å². The molecule has 0 aliphatic heterocycles. The molecule has 88 valence electrons. The van der Waals surface area contributed by atoms with E-state index in [2.05, 4.69) is 34.6 Å². The first-order valence-electron chi connectivity index (χ1n) is 5.27. The molecule has 13 heavy (non-hydrogen) atoms. The fourth-order valence-electron chi connectivity index (χ4n) is 0.604. The summed E-state index contributed by atoms with van der Waals surface area (Å²) < 4.78 is 0. The Morgan fingerprint density at radius 3 is 1.69 bits per heavy atom. The minimum atomic E-state index is 0. The zero-order valence-electron chi connectivity index (χ0n) is 9.52. The molecule has 0 spiro atoms. The third-order valence-corrected chi connectivity index (χ3v) is 1.68. The van der Waals surface area contributed by atoms with Gasteiger partial charge < -0.3 is 13.8 Å². The van der Waals surface area contributed by atoms with E-state index in [4.69, 9.17) is 0 Å². The van der Waals surface area contributed by atoms with Crippen LogP contribution in [0.25, 0.3) is 0 Å². The summed E-state index contributed by atoms with van der Waals surface area (Å²) >= 11 is 0. The van der Waals surface area contributed by atoms with Crippen LogP contribution in [0.4, 0.5) is 0 Å². The normalized spacial score (nSPS) is 8.77. The summed E-state index contributed by atoms with van der Waals surface area (Å²) in [6.45, 7) is 14.0. The Hall–Kier alpha value is 1.25. The summed E-state index contributed by atoms with van der Waals surface area (Å²) in [5.41, 5.74) is 0. The summed E-state index contributed by atoms with van der Waals surface area (Å²) in [5.74, 6) is 0.773. The van der Waals surface area contributed by atoms with E-state index in [9.17, 15) is 0 Å². The molecule has 1 heteroatoms. The van der Waals surface area contributed by atoms with Gasteiger partial charge in [0.05, 0.1) is 0 Å². The third-order valence-electron chi connectivity index (χ3n) is 1.68. The van der Waals surface area contributed by atoms with Crippen LogP contribution in [0, 0.1) is 57.1 Å². The number of hydrogen-bond donors (Lipinski definition) is 0. The van der Waals surface area contributed by atoms with Gasteiger partial charge in [-0.25, -0.2) is 0 Å². The van der Waals surface area contributed by atoms with Crippen LogP contribution < -0.4 is 0 Å². The summed E-state index contributed by atoms with van der Waals surface area (Å²) in [6, 6.07) is 0. The van der Waals surface area contributed by atoms with Crippen molar-refractivity contribution in [3.8, 4) is 0 Å². The predicted octanol–water partition coefficient (Wildman–Crippen LogP) is 4.66. The van der Waals surface area contributed by atoms with Gasteiger partial charge in [-0.1, -0.05) is 52.4 Å². The van der Waals surface area contributed by atoms with Crippen molar-refractivity contribution in [2.45, 2.75) is 59.3 Å². The van der Waals surface area contributed by atoms with Gasteiger partial charge in [0.25, 0.3) is 0 Å². The first kappa shape index (κ1) is 19.8. The molecule has 0 aromatic heterocycles. The van der Waals surface area contributed by atoms with Gasteiger partial charge in [0.2, 0.25) is 0 Å².